The van der Waals surface area contributed by atoms with Crippen molar-refractivity contribution in [1.82, 2.24) is 0 Å². The van der Waals surface area contributed by atoms with Gasteiger partial charge in [-0.05, 0) is 46.5 Å². The summed E-state index contributed by atoms with van der Waals surface area (Å²) in [6.45, 7) is 7.59. The van der Waals surface area contributed by atoms with Crippen LogP contribution in [0.4, 0.5) is 0 Å². The quantitative estimate of drug-likeness (QED) is 0.439. The summed E-state index contributed by atoms with van der Waals surface area (Å²) in [5.74, 6) is 0.224. The zero-order valence-electron chi connectivity index (χ0n) is 12.7. The lowest BCUT2D eigenvalue weighted by Crippen LogP contribution is -2.25. The minimum Gasteiger partial charge on any atom is -0.456 e. The summed E-state index contributed by atoms with van der Waals surface area (Å²) in [7, 11) is 0. The van der Waals surface area contributed by atoms with Crippen LogP contribution in [-0.2, 0) is 9.53 Å². The first-order valence-corrected chi connectivity index (χ1v) is 7.31. The number of ether oxygens (including phenoxy) is 1. The van der Waals surface area contributed by atoms with E-state index in [9.17, 15) is 4.79 Å². The number of rotatable bonds is 4. The van der Waals surface area contributed by atoms with Crippen LogP contribution in [0.25, 0.3) is 0 Å². The Kier molecular flexibility index (Phi) is 6.26. The lowest BCUT2D eigenvalue weighted by atomic mass is 9.84. The van der Waals surface area contributed by atoms with Crippen molar-refractivity contribution in [3.05, 3.63) is 12.2 Å². The molecule has 3 nitrogen and oxygen atoms in total. The molecule has 1 rings (SSSR count). The normalized spacial score (nSPS) is 20.0. The van der Waals surface area contributed by atoms with Crippen molar-refractivity contribution < 1.29 is 9.53 Å². The van der Waals surface area contributed by atoms with Crippen molar-refractivity contribution in [3.8, 4) is 0 Å². The molecule has 0 amide bonds. The molecule has 1 atom stereocenters. The highest BCUT2D eigenvalue weighted by Gasteiger charge is 2.21. The van der Waals surface area contributed by atoms with Crippen LogP contribution in [0.2, 0.25) is 0 Å². The maximum atomic E-state index is 11.7. The zero-order valence-corrected chi connectivity index (χ0v) is 12.7. The maximum absolute atomic E-state index is 11.7. The summed E-state index contributed by atoms with van der Waals surface area (Å²) in [6, 6.07) is 0.123. The Morgan fingerprint density at radius 3 is 2.42 bits per heavy atom. The summed E-state index contributed by atoms with van der Waals surface area (Å²) in [5.41, 5.74) is -0.454. The van der Waals surface area contributed by atoms with Gasteiger partial charge in [0.15, 0.2) is 0 Å². The van der Waals surface area contributed by atoms with Crippen LogP contribution in [-0.4, -0.2) is 23.8 Å². The SMILES string of the molecule is C/C=C\[C@H](N=CC(=O)OC(C)(C)C)C1CCCCC1. The fraction of sp³-hybridized carbons (Fsp3) is 0.750. The second kappa shape index (κ2) is 7.46. The van der Waals surface area contributed by atoms with Crippen LogP contribution < -0.4 is 0 Å². The molecule has 0 N–H and O–H groups in total. The Bertz CT molecular complexity index is 333. The minimum absolute atomic E-state index is 0.123. The van der Waals surface area contributed by atoms with E-state index in [-0.39, 0.29) is 12.0 Å². The molecule has 1 saturated carbocycles. The number of hydrogen-bond acceptors (Lipinski definition) is 3. The van der Waals surface area contributed by atoms with Crippen molar-refractivity contribution in [1.29, 1.82) is 0 Å². The van der Waals surface area contributed by atoms with Gasteiger partial charge >= 0.3 is 5.97 Å². The van der Waals surface area contributed by atoms with Gasteiger partial charge < -0.3 is 4.74 Å². The van der Waals surface area contributed by atoms with E-state index in [4.69, 9.17) is 4.74 Å². The number of hydrogen-bond donors (Lipinski definition) is 0. The Morgan fingerprint density at radius 1 is 1.26 bits per heavy atom. The number of carbonyl (C=O) groups is 1. The standard InChI is InChI=1S/C16H27NO2/c1-5-9-14(13-10-7-6-8-11-13)17-12-15(18)19-16(2,3)4/h5,9,12-14H,6-8,10-11H2,1-4H3/b9-5-,17-12?/t14-/m0/s1. The van der Waals surface area contributed by atoms with E-state index in [1.54, 1.807) is 0 Å². The van der Waals surface area contributed by atoms with E-state index >= 15 is 0 Å². The lowest BCUT2D eigenvalue weighted by molar-refractivity contribution is -0.145. The van der Waals surface area contributed by atoms with E-state index in [1.807, 2.05) is 33.8 Å². The van der Waals surface area contributed by atoms with Gasteiger partial charge in [-0.2, -0.15) is 0 Å². The van der Waals surface area contributed by atoms with Crippen molar-refractivity contribution >= 4 is 12.2 Å². The predicted octanol–water partition coefficient (Wildman–Crippen LogP) is 3.92. The molecule has 0 radical (unpaired) electrons. The molecule has 0 aliphatic heterocycles. The van der Waals surface area contributed by atoms with Crippen molar-refractivity contribution in [3.63, 3.8) is 0 Å². The second-order valence-corrected chi connectivity index (χ2v) is 6.23. The van der Waals surface area contributed by atoms with Crippen molar-refractivity contribution in [2.45, 2.75) is 71.4 Å². The Labute approximate surface area is 117 Å². The van der Waals surface area contributed by atoms with Gasteiger partial charge in [0, 0.05) is 0 Å². The topological polar surface area (TPSA) is 38.7 Å². The molecule has 0 spiro atoms. The average Bonchev–Trinajstić information content (AvgIpc) is 2.33. The monoisotopic (exact) mass is 265 g/mol. The third-order valence-corrected chi connectivity index (χ3v) is 3.28. The van der Waals surface area contributed by atoms with Gasteiger partial charge in [0.1, 0.15) is 11.8 Å². The van der Waals surface area contributed by atoms with E-state index in [2.05, 4.69) is 11.1 Å². The molecular weight excluding hydrogens is 238 g/mol. The third kappa shape index (κ3) is 6.55. The van der Waals surface area contributed by atoms with Crippen LogP contribution in [0.15, 0.2) is 17.1 Å². The Hall–Kier alpha value is -1.12. The largest absolute Gasteiger partial charge is 0.456 e. The number of nitrogens with zero attached hydrogens (tertiary/aromatic N) is 1. The van der Waals surface area contributed by atoms with Gasteiger partial charge in [0.25, 0.3) is 0 Å². The molecule has 19 heavy (non-hydrogen) atoms. The summed E-state index contributed by atoms with van der Waals surface area (Å²) in [6.07, 6.45) is 11.8. The highest BCUT2D eigenvalue weighted by molar-refractivity contribution is 6.23. The fourth-order valence-corrected chi connectivity index (χ4v) is 2.48. The van der Waals surface area contributed by atoms with E-state index in [0.29, 0.717) is 5.92 Å². The van der Waals surface area contributed by atoms with Crippen LogP contribution in [0.5, 0.6) is 0 Å². The molecule has 3 heteroatoms. The first kappa shape index (κ1) is 15.9. The van der Waals surface area contributed by atoms with Gasteiger partial charge in [-0.3, -0.25) is 4.99 Å². The van der Waals surface area contributed by atoms with Crippen LogP contribution in [0.3, 0.4) is 0 Å². The molecule has 0 bridgehead atoms. The summed E-state index contributed by atoms with van der Waals surface area (Å²) >= 11 is 0. The zero-order chi connectivity index (χ0) is 14.3. The van der Waals surface area contributed by atoms with E-state index in [0.717, 1.165) is 0 Å². The molecule has 0 unspecified atom stereocenters. The first-order valence-electron chi connectivity index (χ1n) is 7.31. The highest BCUT2D eigenvalue weighted by atomic mass is 16.6. The van der Waals surface area contributed by atoms with E-state index in [1.165, 1.54) is 38.3 Å². The molecule has 0 saturated heterocycles. The first-order chi connectivity index (χ1) is 8.92. The molecule has 1 aliphatic rings. The predicted molar refractivity (Wildman–Crippen MR) is 79.5 cm³/mol. The molecule has 1 aliphatic carbocycles. The number of carbonyl (C=O) groups excluding carboxylic acids is 1. The second-order valence-electron chi connectivity index (χ2n) is 6.23. The Morgan fingerprint density at radius 2 is 1.89 bits per heavy atom. The van der Waals surface area contributed by atoms with Gasteiger partial charge in [-0.25, -0.2) is 4.79 Å². The van der Waals surface area contributed by atoms with Crippen molar-refractivity contribution in [2.75, 3.05) is 0 Å². The Balaban J connectivity index is 2.59. The molecule has 0 heterocycles. The summed E-state index contributed by atoms with van der Waals surface area (Å²) in [4.78, 5) is 16.1. The molecule has 108 valence electrons. The number of allylic oxidation sites excluding steroid dienone is 1. The van der Waals surface area contributed by atoms with Crippen LogP contribution in [0.1, 0.15) is 59.8 Å². The van der Waals surface area contributed by atoms with Gasteiger partial charge in [-0.15, -0.1) is 0 Å². The molecule has 0 aromatic heterocycles. The fourth-order valence-electron chi connectivity index (χ4n) is 2.48. The number of aliphatic imine (C=N–C) groups is 1. The molecule has 0 aromatic rings. The van der Waals surface area contributed by atoms with Crippen LogP contribution in [0, 0.1) is 5.92 Å². The third-order valence-electron chi connectivity index (χ3n) is 3.28. The van der Waals surface area contributed by atoms with Crippen molar-refractivity contribution in [2.24, 2.45) is 10.9 Å². The number of esters is 1. The summed E-state index contributed by atoms with van der Waals surface area (Å²) in [5, 5.41) is 0. The summed E-state index contributed by atoms with van der Waals surface area (Å²) < 4.78 is 5.24. The van der Waals surface area contributed by atoms with Crippen LogP contribution >= 0.6 is 0 Å². The minimum atomic E-state index is -0.454. The molecule has 1 fully saturated rings. The lowest BCUT2D eigenvalue weighted by Gasteiger charge is -2.25. The molecule has 0 aromatic carbocycles. The molecular formula is C16H27NO2. The smallest absolute Gasteiger partial charge is 0.349 e. The van der Waals surface area contributed by atoms with Gasteiger partial charge in [0.2, 0.25) is 0 Å². The van der Waals surface area contributed by atoms with E-state index < -0.39 is 5.60 Å². The van der Waals surface area contributed by atoms with Gasteiger partial charge in [0.05, 0.1) is 6.04 Å². The highest BCUT2D eigenvalue weighted by Crippen LogP contribution is 2.28. The average molecular weight is 265 g/mol. The van der Waals surface area contributed by atoms with Gasteiger partial charge in [-0.1, -0.05) is 31.4 Å². The maximum Gasteiger partial charge on any atom is 0.349 e.